The van der Waals surface area contributed by atoms with Gasteiger partial charge in [0.15, 0.2) is 0 Å². The van der Waals surface area contributed by atoms with E-state index < -0.39 is 24.4 Å². The van der Waals surface area contributed by atoms with E-state index in [-0.39, 0.29) is 22.4 Å². The maximum Gasteiger partial charge on any atom is 0.416 e. The minimum Gasteiger partial charge on any atom is -0.465 e. The number of hydrogen-bond acceptors (Lipinski definition) is 6. The highest BCUT2D eigenvalue weighted by Gasteiger charge is 2.31. The second-order valence-corrected chi connectivity index (χ2v) is 9.27. The van der Waals surface area contributed by atoms with E-state index in [4.69, 9.17) is 11.6 Å². The summed E-state index contributed by atoms with van der Waals surface area (Å²) in [5.41, 5.74) is 0.874. The van der Waals surface area contributed by atoms with Crippen LogP contribution in [0, 0.1) is 0 Å². The Balaban J connectivity index is 1.50. The molecule has 0 radical (unpaired) electrons. The van der Waals surface area contributed by atoms with Crippen LogP contribution in [0.5, 0.6) is 0 Å². The summed E-state index contributed by atoms with van der Waals surface area (Å²) >= 11 is 6.07. The van der Waals surface area contributed by atoms with E-state index in [0.29, 0.717) is 11.7 Å². The number of nitrogens with one attached hydrogen (secondary N) is 1. The average Bonchev–Trinajstić information content (AvgIpc) is 2.85. The number of benzene rings is 2. The second kappa shape index (κ2) is 10.8. The molecule has 1 atom stereocenters. The maximum atomic E-state index is 13.1. The molecule has 4 rings (SSSR count). The van der Waals surface area contributed by atoms with Crippen LogP contribution in [0.1, 0.15) is 18.1 Å². The maximum absolute atomic E-state index is 13.1. The third kappa shape index (κ3) is 6.41. The molecule has 1 unspecified atom stereocenters. The molecule has 37 heavy (non-hydrogen) atoms. The van der Waals surface area contributed by atoms with Crippen molar-refractivity contribution in [3.63, 3.8) is 0 Å². The predicted octanol–water partition coefficient (Wildman–Crippen LogP) is 5.72. The van der Waals surface area contributed by atoms with Crippen molar-refractivity contribution < 1.29 is 23.1 Å². The molecule has 3 aromatic rings. The number of amides is 1. The van der Waals surface area contributed by atoms with E-state index in [0.717, 1.165) is 48.4 Å². The van der Waals surface area contributed by atoms with Crippen LogP contribution in [0.15, 0.2) is 54.7 Å². The molecular weight excluding hydrogens is 509 g/mol. The van der Waals surface area contributed by atoms with Crippen molar-refractivity contribution >= 4 is 40.8 Å². The quantitative estimate of drug-likeness (QED) is 0.418. The SMILES string of the molecule is CC1CN(c2ccc(Nc3nccc(N(Cc4cc(C(F)(F)F)ccc4Cl)C(=O)O)n3)cc2)CCN1C. The fraction of sp³-hybridized carbons (Fsp3) is 0.320. The number of hydrogen-bond donors (Lipinski definition) is 2. The van der Waals surface area contributed by atoms with Gasteiger partial charge in [0.2, 0.25) is 5.95 Å². The highest BCUT2D eigenvalue weighted by molar-refractivity contribution is 6.31. The molecule has 1 aliphatic heterocycles. The number of likely N-dealkylation sites (N-methyl/N-ethyl adjacent to an activating group) is 1. The van der Waals surface area contributed by atoms with E-state index in [1.54, 1.807) is 0 Å². The summed E-state index contributed by atoms with van der Waals surface area (Å²) in [4.78, 5) is 25.8. The molecule has 12 heteroatoms. The first-order valence-electron chi connectivity index (χ1n) is 11.5. The molecule has 196 valence electrons. The minimum atomic E-state index is -4.59. The predicted molar refractivity (Wildman–Crippen MR) is 137 cm³/mol. The van der Waals surface area contributed by atoms with Crippen LogP contribution in [0.3, 0.4) is 0 Å². The van der Waals surface area contributed by atoms with Gasteiger partial charge in [-0.3, -0.25) is 4.90 Å². The molecule has 1 aromatic heterocycles. The largest absolute Gasteiger partial charge is 0.465 e. The van der Waals surface area contributed by atoms with Crippen molar-refractivity contribution in [1.82, 2.24) is 14.9 Å². The van der Waals surface area contributed by atoms with Gasteiger partial charge in [-0.1, -0.05) is 11.6 Å². The van der Waals surface area contributed by atoms with E-state index in [9.17, 15) is 23.1 Å². The fourth-order valence-electron chi connectivity index (χ4n) is 4.02. The summed E-state index contributed by atoms with van der Waals surface area (Å²) in [6.07, 6.45) is -4.62. The van der Waals surface area contributed by atoms with Gasteiger partial charge in [-0.2, -0.15) is 18.2 Å². The van der Waals surface area contributed by atoms with Gasteiger partial charge in [-0.15, -0.1) is 0 Å². The summed E-state index contributed by atoms with van der Waals surface area (Å²) in [6.45, 7) is 4.60. The number of nitrogens with zero attached hydrogens (tertiary/aromatic N) is 5. The Labute approximate surface area is 217 Å². The van der Waals surface area contributed by atoms with E-state index >= 15 is 0 Å². The van der Waals surface area contributed by atoms with Crippen molar-refractivity contribution in [3.05, 3.63) is 70.9 Å². The number of anilines is 4. The molecular formula is C25H26ClF3N6O2. The van der Waals surface area contributed by atoms with Crippen LogP contribution in [0.4, 0.5) is 41.1 Å². The normalized spacial score (nSPS) is 16.5. The molecule has 1 aliphatic rings. The van der Waals surface area contributed by atoms with Gasteiger partial charge in [0.05, 0.1) is 12.1 Å². The Morgan fingerprint density at radius 2 is 1.92 bits per heavy atom. The first-order valence-corrected chi connectivity index (χ1v) is 11.9. The van der Waals surface area contributed by atoms with Crippen LogP contribution in [-0.2, 0) is 12.7 Å². The molecule has 1 saturated heterocycles. The summed E-state index contributed by atoms with van der Waals surface area (Å²) in [5, 5.41) is 12.8. The number of alkyl halides is 3. The monoisotopic (exact) mass is 534 g/mol. The number of rotatable bonds is 6. The van der Waals surface area contributed by atoms with Crippen molar-refractivity contribution in [2.45, 2.75) is 25.7 Å². The topological polar surface area (TPSA) is 84.8 Å². The summed E-state index contributed by atoms with van der Waals surface area (Å²) in [7, 11) is 2.11. The van der Waals surface area contributed by atoms with E-state index in [1.807, 2.05) is 24.3 Å². The van der Waals surface area contributed by atoms with Gasteiger partial charge < -0.3 is 20.2 Å². The number of carboxylic acid groups (broad SMARTS) is 1. The molecule has 0 saturated carbocycles. The molecule has 0 bridgehead atoms. The van der Waals surface area contributed by atoms with Gasteiger partial charge in [-0.05, 0) is 68.1 Å². The van der Waals surface area contributed by atoms with Crippen molar-refractivity contribution in [3.8, 4) is 0 Å². The van der Waals surface area contributed by atoms with Crippen LogP contribution >= 0.6 is 11.6 Å². The van der Waals surface area contributed by atoms with Crippen LogP contribution in [0.2, 0.25) is 5.02 Å². The summed E-state index contributed by atoms with van der Waals surface area (Å²) in [5.74, 6) is 0.126. The highest BCUT2D eigenvalue weighted by Crippen LogP contribution is 2.33. The van der Waals surface area contributed by atoms with Gasteiger partial charge >= 0.3 is 12.3 Å². The molecule has 1 fully saturated rings. The van der Waals surface area contributed by atoms with Crippen LogP contribution < -0.4 is 15.1 Å². The lowest BCUT2D eigenvalue weighted by atomic mass is 10.1. The van der Waals surface area contributed by atoms with Crippen molar-refractivity contribution in [2.75, 3.05) is 41.8 Å². The van der Waals surface area contributed by atoms with Crippen LogP contribution in [-0.4, -0.2) is 58.8 Å². The third-order valence-corrected chi connectivity index (χ3v) is 6.67. The van der Waals surface area contributed by atoms with Gasteiger partial charge in [0.1, 0.15) is 5.82 Å². The van der Waals surface area contributed by atoms with E-state index in [2.05, 4.69) is 39.1 Å². The molecule has 0 spiro atoms. The molecule has 2 heterocycles. The average molecular weight is 535 g/mol. The van der Waals surface area contributed by atoms with Crippen molar-refractivity contribution in [1.29, 1.82) is 0 Å². The Hall–Kier alpha value is -3.57. The lowest BCUT2D eigenvalue weighted by molar-refractivity contribution is -0.137. The first-order chi connectivity index (χ1) is 17.5. The Bertz CT molecular complexity index is 1260. The summed E-state index contributed by atoms with van der Waals surface area (Å²) in [6, 6.07) is 12.3. The fourth-order valence-corrected chi connectivity index (χ4v) is 4.19. The molecule has 2 N–H and O–H groups in total. The van der Waals surface area contributed by atoms with Gasteiger partial charge in [0.25, 0.3) is 0 Å². The Kier molecular flexibility index (Phi) is 7.74. The number of halogens is 4. The summed E-state index contributed by atoms with van der Waals surface area (Å²) < 4.78 is 39.4. The first kappa shape index (κ1) is 26.5. The zero-order valence-electron chi connectivity index (χ0n) is 20.2. The molecule has 0 aliphatic carbocycles. The smallest absolute Gasteiger partial charge is 0.416 e. The molecule has 1 amide bonds. The van der Waals surface area contributed by atoms with Gasteiger partial charge in [0, 0.05) is 48.3 Å². The van der Waals surface area contributed by atoms with Gasteiger partial charge in [-0.25, -0.2) is 9.78 Å². The third-order valence-electron chi connectivity index (χ3n) is 6.30. The lowest BCUT2D eigenvalue weighted by Crippen LogP contribution is -2.50. The number of carbonyl (C=O) groups is 1. The van der Waals surface area contributed by atoms with Crippen LogP contribution in [0.25, 0.3) is 0 Å². The molecule has 2 aromatic carbocycles. The zero-order valence-corrected chi connectivity index (χ0v) is 21.0. The minimum absolute atomic E-state index is 0.000765. The lowest BCUT2D eigenvalue weighted by Gasteiger charge is -2.39. The zero-order chi connectivity index (χ0) is 26.7. The standard InChI is InChI=1S/C25H26ClF3N6O2/c1-16-14-34(12-11-33(16)2)20-6-4-19(5-7-20)31-23-30-10-9-22(32-23)35(24(36)37)15-17-13-18(25(27,28)29)3-8-21(17)26/h3-10,13,16H,11-12,14-15H2,1-2H3,(H,36,37)(H,30,31,32). The number of aromatic nitrogens is 2. The van der Waals surface area contributed by atoms with E-state index in [1.165, 1.54) is 12.3 Å². The highest BCUT2D eigenvalue weighted by atomic mass is 35.5. The Morgan fingerprint density at radius 3 is 2.57 bits per heavy atom. The second-order valence-electron chi connectivity index (χ2n) is 8.86. The number of piperazine rings is 1. The molecule has 8 nitrogen and oxygen atoms in total. The van der Waals surface area contributed by atoms with Crippen molar-refractivity contribution in [2.24, 2.45) is 0 Å². The Morgan fingerprint density at radius 1 is 1.19 bits per heavy atom.